The lowest BCUT2D eigenvalue weighted by molar-refractivity contribution is -0.124. The molecule has 0 aliphatic rings. The van der Waals surface area contributed by atoms with Gasteiger partial charge in [0, 0.05) is 17.2 Å². The van der Waals surface area contributed by atoms with Crippen molar-refractivity contribution >= 4 is 17.6 Å². The largest absolute Gasteiger partial charge is 0.465 e. The number of amides is 1. The molecule has 0 fully saturated rings. The van der Waals surface area contributed by atoms with Crippen LogP contribution in [0, 0.1) is 5.41 Å². The summed E-state index contributed by atoms with van der Waals surface area (Å²) in [6.45, 7) is 10.9. The first-order valence-corrected chi connectivity index (χ1v) is 7.66. The standard InChI is InChI=1S/C18H25NO5/c1-7-18(4,5)17(21)19-13-8-9-14(16(20)22-6)15(10-13)24-11-23-12(2)3/h8-10H,2,7,11H2,1,3-6H3,(H,19,21). The van der Waals surface area contributed by atoms with E-state index in [1.54, 1.807) is 19.1 Å². The minimum atomic E-state index is -0.535. The minimum absolute atomic E-state index is 0.100. The number of allylic oxidation sites excluding steroid dienone is 1. The highest BCUT2D eigenvalue weighted by Gasteiger charge is 2.25. The van der Waals surface area contributed by atoms with Gasteiger partial charge in [-0.3, -0.25) is 4.79 Å². The Labute approximate surface area is 142 Å². The van der Waals surface area contributed by atoms with Gasteiger partial charge in [0.25, 0.3) is 0 Å². The van der Waals surface area contributed by atoms with Crippen molar-refractivity contribution in [3.8, 4) is 5.75 Å². The Morgan fingerprint density at radius 1 is 1.29 bits per heavy atom. The third-order valence-corrected chi connectivity index (χ3v) is 3.66. The summed E-state index contributed by atoms with van der Waals surface area (Å²) >= 11 is 0. The van der Waals surface area contributed by atoms with Crippen LogP contribution >= 0.6 is 0 Å². The molecule has 0 saturated heterocycles. The second kappa shape index (κ2) is 8.38. The number of carbonyl (C=O) groups excluding carboxylic acids is 2. The summed E-state index contributed by atoms with van der Waals surface area (Å²) in [6, 6.07) is 4.73. The van der Waals surface area contributed by atoms with E-state index in [-0.39, 0.29) is 24.0 Å². The summed E-state index contributed by atoms with van der Waals surface area (Å²) in [6.07, 6.45) is 0.703. The molecule has 6 nitrogen and oxygen atoms in total. The van der Waals surface area contributed by atoms with Crippen molar-refractivity contribution in [2.75, 3.05) is 19.2 Å². The molecule has 0 unspecified atom stereocenters. The predicted molar refractivity (Wildman–Crippen MR) is 91.9 cm³/mol. The Morgan fingerprint density at radius 3 is 2.50 bits per heavy atom. The smallest absolute Gasteiger partial charge is 0.341 e. The number of benzene rings is 1. The van der Waals surface area contributed by atoms with E-state index < -0.39 is 11.4 Å². The molecule has 24 heavy (non-hydrogen) atoms. The van der Waals surface area contributed by atoms with E-state index in [0.29, 0.717) is 17.9 Å². The highest BCUT2D eigenvalue weighted by Crippen LogP contribution is 2.27. The second-order valence-electron chi connectivity index (χ2n) is 6.00. The molecule has 1 aromatic rings. The van der Waals surface area contributed by atoms with Crippen molar-refractivity contribution in [3.63, 3.8) is 0 Å². The van der Waals surface area contributed by atoms with Crippen molar-refractivity contribution in [1.82, 2.24) is 0 Å². The number of esters is 1. The molecule has 1 amide bonds. The summed E-state index contributed by atoms with van der Waals surface area (Å²) in [5.41, 5.74) is 0.278. The van der Waals surface area contributed by atoms with Gasteiger partial charge in [0.05, 0.1) is 12.9 Å². The van der Waals surface area contributed by atoms with Crippen LogP contribution in [0.4, 0.5) is 5.69 Å². The first kappa shape index (κ1) is 19.5. The molecule has 0 spiro atoms. The van der Waals surface area contributed by atoms with E-state index >= 15 is 0 Å². The topological polar surface area (TPSA) is 73.9 Å². The van der Waals surface area contributed by atoms with E-state index in [2.05, 4.69) is 11.9 Å². The van der Waals surface area contributed by atoms with E-state index in [9.17, 15) is 9.59 Å². The molecule has 0 radical (unpaired) electrons. The van der Waals surface area contributed by atoms with Crippen molar-refractivity contribution in [1.29, 1.82) is 0 Å². The van der Waals surface area contributed by atoms with Crippen LogP contribution in [0.5, 0.6) is 5.75 Å². The van der Waals surface area contributed by atoms with Crippen LogP contribution in [-0.2, 0) is 14.3 Å². The molecular formula is C18H25NO5. The molecule has 0 aliphatic heterocycles. The fourth-order valence-electron chi connectivity index (χ4n) is 1.65. The normalized spacial score (nSPS) is 10.7. The van der Waals surface area contributed by atoms with Crippen molar-refractivity contribution in [3.05, 3.63) is 36.1 Å². The fourth-order valence-corrected chi connectivity index (χ4v) is 1.65. The quantitative estimate of drug-likeness (QED) is 0.445. The monoisotopic (exact) mass is 335 g/mol. The van der Waals surface area contributed by atoms with Gasteiger partial charge in [-0.2, -0.15) is 0 Å². The Balaban J connectivity index is 3.01. The summed E-state index contributed by atoms with van der Waals surface area (Å²) < 4.78 is 15.4. The molecular weight excluding hydrogens is 310 g/mol. The van der Waals surface area contributed by atoms with Crippen LogP contribution in [0.3, 0.4) is 0 Å². The number of rotatable bonds is 8. The van der Waals surface area contributed by atoms with Crippen LogP contribution in [-0.4, -0.2) is 25.8 Å². The van der Waals surface area contributed by atoms with E-state index in [1.165, 1.54) is 13.2 Å². The Bertz CT molecular complexity index is 622. The summed E-state index contributed by atoms with van der Waals surface area (Å²) in [4.78, 5) is 24.1. The Kier molecular flexibility index (Phi) is 6.82. The fraction of sp³-hybridized carbons (Fsp3) is 0.444. The SMILES string of the molecule is C=C(C)OCOc1cc(NC(=O)C(C)(C)CC)ccc1C(=O)OC. The first-order valence-electron chi connectivity index (χ1n) is 7.66. The Morgan fingerprint density at radius 2 is 1.96 bits per heavy atom. The van der Waals surface area contributed by atoms with Gasteiger partial charge in [0.15, 0.2) is 0 Å². The average Bonchev–Trinajstić information content (AvgIpc) is 2.54. The highest BCUT2D eigenvalue weighted by molar-refractivity contribution is 5.97. The van der Waals surface area contributed by atoms with Crippen LogP contribution in [0.2, 0.25) is 0 Å². The minimum Gasteiger partial charge on any atom is -0.465 e. The maximum absolute atomic E-state index is 12.3. The number of methoxy groups -OCH3 is 1. The van der Waals surface area contributed by atoms with Crippen LogP contribution in [0.25, 0.3) is 0 Å². The van der Waals surface area contributed by atoms with Gasteiger partial charge in [-0.05, 0) is 25.5 Å². The molecule has 0 atom stereocenters. The summed E-state index contributed by atoms with van der Waals surface area (Å²) in [5.74, 6) is 0.103. The molecule has 0 aliphatic carbocycles. The lowest BCUT2D eigenvalue weighted by atomic mass is 9.89. The number of carbonyl (C=O) groups is 2. The molecule has 0 saturated carbocycles. The zero-order valence-corrected chi connectivity index (χ0v) is 14.9. The number of ether oxygens (including phenoxy) is 3. The van der Waals surface area contributed by atoms with E-state index in [4.69, 9.17) is 14.2 Å². The maximum atomic E-state index is 12.3. The predicted octanol–water partition coefficient (Wildman–Crippen LogP) is 3.73. The molecule has 132 valence electrons. The van der Waals surface area contributed by atoms with E-state index in [1.807, 2.05) is 20.8 Å². The highest BCUT2D eigenvalue weighted by atomic mass is 16.7. The zero-order valence-electron chi connectivity index (χ0n) is 14.9. The number of anilines is 1. The maximum Gasteiger partial charge on any atom is 0.341 e. The average molecular weight is 335 g/mol. The second-order valence-corrected chi connectivity index (χ2v) is 6.00. The summed E-state index contributed by atoms with van der Waals surface area (Å²) in [5, 5.41) is 2.83. The van der Waals surface area contributed by atoms with Gasteiger partial charge < -0.3 is 19.5 Å². The molecule has 0 bridgehead atoms. The molecule has 1 aromatic carbocycles. The van der Waals surface area contributed by atoms with Crippen LogP contribution in [0.15, 0.2) is 30.5 Å². The van der Waals surface area contributed by atoms with Crippen LogP contribution in [0.1, 0.15) is 44.5 Å². The van der Waals surface area contributed by atoms with Gasteiger partial charge in [-0.15, -0.1) is 0 Å². The van der Waals surface area contributed by atoms with Gasteiger partial charge in [-0.25, -0.2) is 4.79 Å². The first-order chi connectivity index (χ1) is 11.2. The van der Waals surface area contributed by atoms with E-state index in [0.717, 1.165) is 0 Å². The van der Waals surface area contributed by atoms with Gasteiger partial charge in [0.1, 0.15) is 11.3 Å². The number of nitrogens with one attached hydrogen (secondary N) is 1. The third kappa shape index (κ3) is 5.30. The molecule has 6 heteroatoms. The molecule has 0 aromatic heterocycles. The third-order valence-electron chi connectivity index (χ3n) is 3.66. The zero-order chi connectivity index (χ0) is 18.3. The molecule has 0 heterocycles. The molecule has 1 N–H and O–H groups in total. The molecule has 1 rings (SSSR count). The van der Waals surface area contributed by atoms with Crippen molar-refractivity contribution in [2.24, 2.45) is 5.41 Å². The van der Waals surface area contributed by atoms with Gasteiger partial charge >= 0.3 is 5.97 Å². The number of hydrogen-bond acceptors (Lipinski definition) is 5. The van der Waals surface area contributed by atoms with Gasteiger partial charge in [-0.1, -0.05) is 27.4 Å². The number of hydrogen-bond donors (Lipinski definition) is 1. The van der Waals surface area contributed by atoms with Crippen molar-refractivity contribution in [2.45, 2.75) is 34.1 Å². The Hall–Kier alpha value is -2.50. The lowest BCUT2D eigenvalue weighted by Crippen LogP contribution is -2.30. The van der Waals surface area contributed by atoms with Crippen molar-refractivity contribution < 1.29 is 23.8 Å². The van der Waals surface area contributed by atoms with Crippen LogP contribution < -0.4 is 10.1 Å². The lowest BCUT2D eigenvalue weighted by Gasteiger charge is -2.22. The van der Waals surface area contributed by atoms with Gasteiger partial charge in [0.2, 0.25) is 12.7 Å². The summed E-state index contributed by atoms with van der Waals surface area (Å²) in [7, 11) is 1.29.